The molecule has 5 nitrogen and oxygen atoms in total. The van der Waals surface area contributed by atoms with Gasteiger partial charge in [0, 0.05) is 23.3 Å². The number of aromatic nitrogens is 3. The molecule has 1 N–H and O–H groups in total. The summed E-state index contributed by atoms with van der Waals surface area (Å²) in [6.45, 7) is 0.157. The second-order valence-corrected chi connectivity index (χ2v) is 4.97. The zero-order valence-electron chi connectivity index (χ0n) is 9.84. The molecule has 18 heavy (non-hydrogen) atoms. The first-order valence-corrected chi connectivity index (χ1v) is 6.46. The van der Waals surface area contributed by atoms with Crippen LogP contribution in [0.3, 0.4) is 0 Å². The third kappa shape index (κ3) is 1.98. The van der Waals surface area contributed by atoms with Gasteiger partial charge in [-0.2, -0.15) is 4.98 Å². The van der Waals surface area contributed by atoms with Crippen molar-refractivity contribution in [1.29, 1.82) is 0 Å². The zero-order valence-corrected chi connectivity index (χ0v) is 10.6. The van der Waals surface area contributed by atoms with Gasteiger partial charge in [-0.05, 0) is 30.5 Å². The maximum atomic E-state index is 8.69. The SMILES string of the molecule is OOCc1cc2cnc(Cl)nc2n1C1CCCC1. The highest BCUT2D eigenvalue weighted by molar-refractivity contribution is 6.28. The first kappa shape index (κ1) is 11.9. The van der Waals surface area contributed by atoms with Gasteiger partial charge in [0.2, 0.25) is 5.28 Å². The van der Waals surface area contributed by atoms with Gasteiger partial charge in [-0.1, -0.05) is 12.8 Å². The summed E-state index contributed by atoms with van der Waals surface area (Å²) in [6.07, 6.45) is 6.41. The summed E-state index contributed by atoms with van der Waals surface area (Å²) in [6, 6.07) is 2.36. The summed E-state index contributed by atoms with van der Waals surface area (Å²) in [7, 11) is 0. The normalized spacial score (nSPS) is 16.8. The summed E-state index contributed by atoms with van der Waals surface area (Å²) in [5, 5.41) is 9.87. The summed E-state index contributed by atoms with van der Waals surface area (Å²) >= 11 is 5.87. The van der Waals surface area contributed by atoms with E-state index in [-0.39, 0.29) is 11.9 Å². The molecule has 1 saturated carbocycles. The number of hydrogen-bond donors (Lipinski definition) is 1. The van der Waals surface area contributed by atoms with Gasteiger partial charge in [-0.3, -0.25) is 5.26 Å². The molecule has 0 amide bonds. The molecule has 6 heteroatoms. The Bertz CT molecular complexity index is 564. The molecule has 0 aliphatic heterocycles. The van der Waals surface area contributed by atoms with E-state index in [2.05, 4.69) is 19.4 Å². The van der Waals surface area contributed by atoms with Gasteiger partial charge in [0.1, 0.15) is 12.3 Å². The first-order chi connectivity index (χ1) is 8.79. The van der Waals surface area contributed by atoms with Crippen LogP contribution in [0.1, 0.15) is 37.4 Å². The first-order valence-electron chi connectivity index (χ1n) is 6.08. The minimum Gasteiger partial charge on any atom is -0.324 e. The molecule has 2 aromatic rings. The van der Waals surface area contributed by atoms with Crippen molar-refractivity contribution in [2.24, 2.45) is 0 Å². The summed E-state index contributed by atoms with van der Waals surface area (Å²) in [5.74, 6) is 0. The van der Waals surface area contributed by atoms with E-state index < -0.39 is 0 Å². The van der Waals surface area contributed by atoms with Crippen molar-refractivity contribution in [3.63, 3.8) is 0 Å². The van der Waals surface area contributed by atoms with E-state index in [1.165, 1.54) is 12.8 Å². The Kier molecular flexibility index (Phi) is 3.20. The molecule has 2 heterocycles. The number of rotatable bonds is 3. The fourth-order valence-electron chi connectivity index (χ4n) is 2.79. The van der Waals surface area contributed by atoms with Crippen molar-refractivity contribution in [1.82, 2.24) is 14.5 Å². The van der Waals surface area contributed by atoms with Crippen LogP contribution in [0, 0.1) is 0 Å². The highest BCUT2D eigenvalue weighted by Crippen LogP contribution is 2.34. The van der Waals surface area contributed by atoms with Gasteiger partial charge in [0.25, 0.3) is 0 Å². The number of nitrogens with zero attached hydrogens (tertiary/aromatic N) is 3. The second-order valence-electron chi connectivity index (χ2n) is 4.64. The van der Waals surface area contributed by atoms with Crippen LogP contribution in [0.2, 0.25) is 5.28 Å². The van der Waals surface area contributed by atoms with Gasteiger partial charge in [-0.25, -0.2) is 9.87 Å². The van der Waals surface area contributed by atoms with Gasteiger partial charge < -0.3 is 4.57 Å². The Hall–Kier alpha value is -1.17. The minimum atomic E-state index is 0.157. The highest BCUT2D eigenvalue weighted by Gasteiger charge is 2.22. The van der Waals surface area contributed by atoms with Gasteiger partial charge in [0.15, 0.2) is 0 Å². The van der Waals surface area contributed by atoms with Crippen LogP contribution in [-0.4, -0.2) is 19.8 Å². The van der Waals surface area contributed by atoms with E-state index >= 15 is 0 Å². The molecule has 0 bridgehead atoms. The van der Waals surface area contributed by atoms with E-state index in [0.29, 0.717) is 6.04 Å². The third-order valence-electron chi connectivity index (χ3n) is 3.53. The summed E-state index contributed by atoms with van der Waals surface area (Å²) < 4.78 is 2.13. The zero-order chi connectivity index (χ0) is 12.5. The molecular weight excluding hydrogens is 254 g/mol. The third-order valence-corrected chi connectivity index (χ3v) is 3.71. The molecule has 1 fully saturated rings. The fraction of sp³-hybridized carbons (Fsp3) is 0.500. The molecule has 3 rings (SSSR count). The number of halogens is 1. The van der Waals surface area contributed by atoms with Crippen LogP contribution >= 0.6 is 11.6 Å². The molecule has 0 aromatic carbocycles. The van der Waals surface area contributed by atoms with E-state index in [0.717, 1.165) is 29.6 Å². The van der Waals surface area contributed by atoms with E-state index in [1.807, 2.05) is 6.07 Å². The van der Waals surface area contributed by atoms with Crippen molar-refractivity contribution in [3.05, 3.63) is 23.2 Å². The van der Waals surface area contributed by atoms with Crippen LogP contribution < -0.4 is 0 Å². The number of fused-ring (bicyclic) bond motifs is 1. The lowest BCUT2D eigenvalue weighted by Gasteiger charge is -2.16. The van der Waals surface area contributed by atoms with Crippen LogP contribution in [0.4, 0.5) is 0 Å². The van der Waals surface area contributed by atoms with Gasteiger partial charge in [0.05, 0.1) is 0 Å². The Balaban J connectivity index is 2.16. The monoisotopic (exact) mass is 267 g/mol. The minimum absolute atomic E-state index is 0.157. The van der Waals surface area contributed by atoms with Crippen molar-refractivity contribution in [2.45, 2.75) is 38.3 Å². The van der Waals surface area contributed by atoms with E-state index in [4.69, 9.17) is 16.9 Å². The quantitative estimate of drug-likeness (QED) is 0.527. The van der Waals surface area contributed by atoms with Crippen molar-refractivity contribution >= 4 is 22.6 Å². The number of hydrogen-bond acceptors (Lipinski definition) is 4. The lowest BCUT2D eigenvalue weighted by atomic mass is 10.2. The molecule has 0 atom stereocenters. The smallest absolute Gasteiger partial charge is 0.224 e. The average molecular weight is 268 g/mol. The molecule has 96 valence electrons. The second kappa shape index (κ2) is 4.84. The van der Waals surface area contributed by atoms with Crippen LogP contribution in [-0.2, 0) is 11.5 Å². The van der Waals surface area contributed by atoms with Crippen LogP contribution in [0.5, 0.6) is 0 Å². The van der Waals surface area contributed by atoms with E-state index in [1.54, 1.807) is 6.20 Å². The highest BCUT2D eigenvalue weighted by atomic mass is 35.5. The van der Waals surface area contributed by atoms with Crippen LogP contribution in [0.25, 0.3) is 11.0 Å². The lowest BCUT2D eigenvalue weighted by Crippen LogP contribution is -2.10. The predicted octanol–water partition coefficient (Wildman–Crippen LogP) is 3.19. The van der Waals surface area contributed by atoms with Crippen molar-refractivity contribution in [2.75, 3.05) is 0 Å². The Morgan fingerprint density at radius 2 is 2.22 bits per heavy atom. The molecule has 1 aliphatic rings. The topological polar surface area (TPSA) is 60.2 Å². The van der Waals surface area contributed by atoms with E-state index in [9.17, 15) is 0 Å². The fourth-order valence-corrected chi connectivity index (χ4v) is 2.92. The molecular formula is C12H14ClN3O2. The average Bonchev–Trinajstić information content (AvgIpc) is 2.95. The lowest BCUT2D eigenvalue weighted by molar-refractivity contribution is -0.254. The summed E-state index contributed by atoms with van der Waals surface area (Å²) in [4.78, 5) is 12.6. The summed E-state index contributed by atoms with van der Waals surface area (Å²) in [5.41, 5.74) is 1.74. The molecule has 0 radical (unpaired) electrons. The maximum absolute atomic E-state index is 8.69. The van der Waals surface area contributed by atoms with Crippen molar-refractivity contribution in [3.8, 4) is 0 Å². The standard InChI is InChI=1S/C12H14ClN3O2/c13-12-14-6-8-5-10(7-18-17)16(11(8)15-12)9-3-1-2-4-9/h5-6,9,17H,1-4,7H2. The molecule has 0 saturated heterocycles. The Labute approximate surface area is 109 Å². The molecule has 2 aromatic heterocycles. The maximum Gasteiger partial charge on any atom is 0.224 e. The largest absolute Gasteiger partial charge is 0.324 e. The van der Waals surface area contributed by atoms with Gasteiger partial charge >= 0.3 is 0 Å². The van der Waals surface area contributed by atoms with Crippen LogP contribution in [0.15, 0.2) is 12.3 Å². The molecule has 0 spiro atoms. The molecule has 0 unspecified atom stereocenters. The Morgan fingerprint density at radius 3 is 2.94 bits per heavy atom. The molecule has 1 aliphatic carbocycles. The van der Waals surface area contributed by atoms with Gasteiger partial charge in [-0.15, -0.1) is 0 Å². The Morgan fingerprint density at radius 1 is 1.44 bits per heavy atom. The predicted molar refractivity (Wildman–Crippen MR) is 67.5 cm³/mol. The van der Waals surface area contributed by atoms with Crippen molar-refractivity contribution < 1.29 is 10.1 Å².